The summed E-state index contributed by atoms with van der Waals surface area (Å²) in [6.07, 6.45) is 1.12. The molecule has 1 N–H and O–H groups in total. The van der Waals surface area contributed by atoms with E-state index in [1.165, 1.54) is 0 Å². The first-order valence-corrected chi connectivity index (χ1v) is 7.40. The Morgan fingerprint density at radius 1 is 1.32 bits per heavy atom. The zero-order valence-electron chi connectivity index (χ0n) is 13.4. The van der Waals surface area contributed by atoms with Crippen molar-refractivity contribution in [1.82, 2.24) is 4.98 Å². The van der Waals surface area contributed by atoms with Gasteiger partial charge < -0.3 is 14.6 Å². The monoisotopic (exact) mass is 299 g/mol. The second-order valence-corrected chi connectivity index (χ2v) is 6.58. The van der Waals surface area contributed by atoms with Crippen LogP contribution in [0.2, 0.25) is 0 Å². The SMILES string of the molecule is COc1ncccc1-c1cc2c(c(C(C)(C)C)c1)OCC2O. The number of pyridine rings is 1. The molecule has 0 spiro atoms. The first-order chi connectivity index (χ1) is 10.4. The molecule has 4 nitrogen and oxygen atoms in total. The summed E-state index contributed by atoms with van der Waals surface area (Å²) in [4.78, 5) is 4.26. The van der Waals surface area contributed by atoms with Crippen LogP contribution in [-0.2, 0) is 5.41 Å². The molecule has 1 aromatic carbocycles. The average molecular weight is 299 g/mol. The number of hydrogen-bond donors (Lipinski definition) is 1. The summed E-state index contributed by atoms with van der Waals surface area (Å²) in [5.74, 6) is 1.39. The minimum atomic E-state index is -0.585. The van der Waals surface area contributed by atoms with E-state index in [4.69, 9.17) is 9.47 Å². The van der Waals surface area contributed by atoms with E-state index in [9.17, 15) is 5.11 Å². The number of ether oxygens (including phenoxy) is 2. The second-order valence-electron chi connectivity index (χ2n) is 6.58. The summed E-state index contributed by atoms with van der Waals surface area (Å²) in [6.45, 7) is 6.73. The third-order valence-electron chi connectivity index (χ3n) is 3.95. The Balaban J connectivity index is 2.24. The summed E-state index contributed by atoms with van der Waals surface area (Å²) in [5.41, 5.74) is 3.74. The van der Waals surface area contributed by atoms with E-state index in [2.05, 4.69) is 31.8 Å². The van der Waals surface area contributed by atoms with E-state index < -0.39 is 6.10 Å². The van der Waals surface area contributed by atoms with E-state index in [-0.39, 0.29) is 5.41 Å². The van der Waals surface area contributed by atoms with Crippen molar-refractivity contribution in [2.24, 2.45) is 0 Å². The summed E-state index contributed by atoms with van der Waals surface area (Å²) < 4.78 is 11.1. The number of aromatic nitrogens is 1. The highest BCUT2D eigenvalue weighted by Crippen LogP contribution is 2.44. The van der Waals surface area contributed by atoms with Crippen molar-refractivity contribution >= 4 is 0 Å². The number of aliphatic hydroxyl groups excluding tert-OH is 1. The van der Waals surface area contributed by atoms with Gasteiger partial charge in [-0.2, -0.15) is 0 Å². The van der Waals surface area contributed by atoms with Gasteiger partial charge in [0, 0.05) is 22.9 Å². The summed E-state index contributed by atoms with van der Waals surface area (Å²) >= 11 is 0. The van der Waals surface area contributed by atoms with Crippen LogP contribution < -0.4 is 9.47 Å². The van der Waals surface area contributed by atoms with Gasteiger partial charge in [0.15, 0.2) is 0 Å². The maximum atomic E-state index is 10.2. The summed E-state index contributed by atoms with van der Waals surface area (Å²) in [7, 11) is 1.61. The van der Waals surface area contributed by atoms with Crippen molar-refractivity contribution < 1.29 is 14.6 Å². The maximum absolute atomic E-state index is 10.2. The summed E-state index contributed by atoms with van der Waals surface area (Å²) in [5, 5.41) is 10.2. The summed E-state index contributed by atoms with van der Waals surface area (Å²) in [6, 6.07) is 7.94. The van der Waals surface area contributed by atoms with Gasteiger partial charge in [-0.1, -0.05) is 20.8 Å². The zero-order chi connectivity index (χ0) is 15.9. The van der Waals surface area contributed by atoms with Crippen LogP contribution in [0.15, 0.2) is 30.5 Å². The number of nitrogens with zero attached hydrogens (tertiary/aromatic N) is 1. The average Bonchev–Trinajstić information content (AvgIpc) is 2.87. The molecule has 0 bridgehead atoms. The van der Waals surface area contributed by atoms with Gasteiger partial charge in [0.1, 0.15) is 18.5 Å². The molecular weight excluding hydrogens is 278 g/mol. The van der Waals surface area contributed by atoms with Crippen molar-refractivity contribution in [1.29, 1.82) is 0 Å². The quantitative estimate of drug-likeness (QED) is 0.922. The molecule has 1 aromatic heterocycles. The Morgan fingerprint density at radius 2 is 2.09 bits per heavy atom. The molecule has 2 aromatic rings. The molecule has 0 saturated heterocycles. The molecule has 1 unspecified atom stereocenters. The zero-order valence-corrected chi connectivity index (χ0v) is 13.4. The van der Waals surface area contributed by atoms with Crippen LogP contribution in [0.4, 0.5) is 0 Å². The smallest absolute Gasteiger partial charge is 0.221 e. The predicted molar refractivity (Wildman–Crippen MR) is 85.4 cm³/mol. The lowest BCUT2D eigenvalue weighted by Gasteiger charge is -2.23. The van der Waals surface area contributed by atoms with Gasteiger partial charge in [-0.15, -0.1) is 0 Å². The van der Waals surface area contributed by atoms with E-state index >= 15 is 0 Å². The maximum Gasteiger partial charge on any atom is 0.221 e. The van der Waals surface area contributed by atoms with Crippen molar-refractivity contribution in [2.75, 3.05) is 13.7 Å². The number of methoxy groups -OCH3 is 1. The largest absolute Gasteiger partial charge is 0.490 e. The number of aliphatic hydroxyl groups is 1. The van der Waals surface area contributed by atoms with Crippen LogP contribution in [0.5, 0.6) is 11.6 Å². The van der Waals surface area contributed by atoms with Crippen LogP contribution in [0.3, 0.4) is 0 Å². The fourth-order valence-electron chi connectivity index (χ4n) is 2.80. The highest BCUT2D eigenvalue weighted by molar-refractivity contribution is 5.72. The van der Waals surface area contributed by atoms with Gasteiger partial charge in [0.05, 0.1) is 7.11 Å². The van der Waals surface area contributed by atoms with Gasteiger partial charge in [-0.05, 0) is 35.2 Å². The second kappa shape index (κ2) is 5.29. The minimum absolute atomic E-state index is 0.0837. The van der Waals surface area contributed by atoms with Crippen LogP contribution in [-0.4, -0.2) is 23.8 Å². The van der Waals surface area contributed by atoms with Crippen LogP contribution in [0.25, 0.3) is 11.1 Å². The molecule has 1 atom stereocenters. The van der Waals surface area contributed by atoms with E-state index in [0.29, 0.717) is 12.5 Å². The molecule has 0 saturated carbocycles. The van der Waals surface area contributed by atoms with E-state index in [1.54, 1.807) is 13.3 Å². The topological polar surface area (TPSA) is 51.6 Å². The Labute approximate surface area is 130 Å². The molecule has 2 heterocycles. The fourth-order valence-corrected chi connectivity index (χ4v) is 2.80. The number of hydrogen-bond acceptors (Lipinski definition) is 4. The van der Waals surface area contributed by atoms with Gasteiger partial charge in [-0.25, -0.2) is 4.98 Å². The molecule has 1 aliphatic heterocycles. The molecule has 0 amide bonds. The lowest BCUT2D eigenvalue weighted by atomic mass is 9.83. The van der Waals surface area contributed by atoms with Gasteiger partial charge in [0.25, 0.3) is 0 Å². The lowest BCUT2D eigenvalue weighted by Crippen LogP contribution is -2.13. The Bertz CT molecular complexity index is 704. The van der Waals surface area contributed by atoms with Crippen molar-refractivity contribution in [3.63, 3.8) is 0 Å². The first kappa shape index (κ1) is 14.9. The van der Waals surface area contributed by atoms with Gasteiger partial charge in [0.2, 0.25) is 5.88 Å². The van der Waals surface area contributed by atoms with Crippen molar-refractivity contribution in [3.8, 4) is 22.8 Å². The lowest BCUT2D eigenvalue weighted by molar-refractivity contribution is 0.140. The molecule has 4 heteroatoms. The Kier molecular flexibility index (Phi) is 3.57. The highest BCUT2D eigenvalue weighted by atomic mass is 16.5. The molecule has 0 aliphatic carbocycles. The first-order valence-electron chi connectivity index (χ1n) is 7.40. The number of benzene rings is 1. The van der Waals surface area contributed by atoms with E-state index in [0.717, 1.165) is 28.0 Å². The number of fused-ring (bicyclic) bond motifs is 1. The molecule has 0 fully saturated rings. The minimum Gasteiger partial charge on any atom is -0.490 e. The normalized spacial score (nSPS) is 17.0. The van der Waals surface area contributed by atoms with Gasteiger partial charge >= 0.3 is 0 Å². The van der Waals surface area contributed by atoms with Crippen LogP contribution >= 0.6 is 0 Å². The standard InChI is InChI=1S/C18H21NO3/c1-18(2,3)14-9-11(8-13-15(20)10-22-16(13)14)12-6-5-7-19-17(12)21-4/h5-9,15,20H,10H2,1-4H3. The van der Waals surface area contributed by atoms with Crippen LogP contribution in [0.1, 0.15) is 38.0 Å². The molecule has 22 heavy (non-hydrogen) atoms. The molecule has 0 radical (unpaired) electrons. The molecule has 1 aliphatic rings. The fraction of sp³-hybridized carbons (Fsp3) is 0.389. The third kappa shape index (κ3) is 2.44. The predicted octanol–water partition coefficient (Wildman–Crippen LogP) is 3.48. The number of rotatable bonds is 2. The Morgan fingerprint density at radius 3 is 2.77 bits per heavy atom. The highest BCUT2D eigenvalue weighted by Gasteiger charge is 2.30. The van der Waals surface area contributed by atoms with Gasteiger partial charge in [-0.3, -0.25) is 0 Å². The molecule has 116 valence electrons. The molecule has 3 rings (SSSR count). The molecular formula is C18H21NO3. The Hall–Kier alpha value is -2.07. The van der Waals surface area contributed by atoms with Crippen molar-refractivity contribution in [3.05, 3.63) is 41.6 Å². The van der Waals surface area contributed by atoms with Crippen LogP contribution in [0, 0.1) is 0 Å². The third-order valence-corrected chi connectivity index (χ3v) is 3.95. The van der Waals surface area contributed by atoms with Crippen molar-refractivity contribution in [2.45, 2.75) is 32.3 Å². The van der Waals surface area contributed by atoms with E-state index in [1.807, 2.05) is 18.2 Å².